The fourth-order valence-corrected chi connectivity index (χ4v) is 2.99. The summed E-state index contributed by atoms with van der Waals surface area (Å²) < 4.78 is 0. The zero-order valence-corrected chi connectivity index (χ0v) is 10.2. The maximum atomic E-state index is 11.2. The van der Waals surface area contributed by atoms with Gasteiger partial charge in [0.1, 0.15) is 0 Å². The van der Waals surface area contributed by atoms with E-state index in [1.54, 1.807) is 0 Å². The number of nitrogens with zero attached hydrogens (tertiary/aromatic N) is 1. The van der Waals surface area contributed by atoms with E-state index in [1.807, 2.05) is 0 Å². The molecule has 0 aliphatic heterocycles. The molecule has 2 unspecified atom stereocenters. The molecule has 0 spiro atoms. The molecule has 0 heterocycles. The molecule has 0 amide bonds. The molecule has 0 aromatic heterocycles. The van der Waals surface area contributed by atoms with Gasteiger partial charge in [0.15, 0.2) is 0 Å². The molecule has 0 radical (unpaired) electrons. The topological polar surface area (TPSA) is 40.5 Å². The summed E-state index contributed by atoms with van der Waals surface area (Å²) in [5, 5.41) is 9.23. The lowest BCUT2D eigenvalue weighted by molar-refractivity contribution is -0.143. The van der Waals surface area contributed by atoms with Crippen molar-refractivity contribution < 1.29 is 9.90 Å². The molecule has 1 N–H and O–H groups in total. The quantitative estimate of drug-likeness (QED) is 0.755. The third-order valence-corrected chi connectivity index (χ3v) is 4.01. The Kier molecular flexibility index (Phi) is 3.85. The summed E-state index contributed by atoms with van der Waals surface area (Å²) in [5.41, 5.74) is 0. The number of unbranched alkanes of at least 4 members (excludes halogenated alkanes) is 1. The first-order chi connectivity index (χ1) is 7.74. The Labute approximate surface area is 97.8 Å². The normalized spacial score (nSPS) is 29.9. The Hall–Kier alpha value is -0.570. The van der Waals surface area contributed by atoms with Gasteiger partial charge < -0.3 is 5.11 Å². The van der Waals surface area contributed by atoms with Crippen LogP contribution in [0.1, 0.15) is 51.9 Å². The molecule has 2 saturated carbocycles. The average molecular weight is 225 g/mol. The zero-order valence-electron chi connectivity index (χ0n) is 10.2. The number of carboxylic acid groups (broad SMARTS) is 1. The molecule has 16 heavy (non-hydrogen) atoms. The fourth-order valence-electron chi connectivity index (χ4n) is 2.99. The van der Waals surface area contributed by atoms with Crippen molar-refractivity contribution >= 4 is 5.97 Å². The van der Waals surface area contributed by atoms with Gasteiger partial charge in [-0.3, -0.25) is 9.69 Å². The van der Waals surface area contributed by atoms with E-state index < -0.39 is 5.97 Å². The van der Waals surface area contributed by atoms with E-state index >= 15 is 0 Å². The van der Waals surface area contributed by atoms with Crippen molar-refractivity contribution in [1.29, 1.82) is 0 Å². The maximum Gasteiger partial charge on any atom is 0.308 e. The van der Waals surface area contributed by atoms with Crippen LogP contribution in [0.15, 0.2) is 0 Å². The largest absolute Gasteiger partial charge is 0.481 e. The standard InChI is InChI=1S/C13H23NO2/c1-2-3-9-14(10-7-8-10)12-6-4-5-11(12)13(15)16/h10-12H,2-9H2,1H3,(H,15,16). The minimum absolute atomic E-state index is 0.0996. The molecule has 0 aromatic rings. The molecular formula is C13H23NO2. The van der Waals surface area contributed by atoms with Crippen molar-refractivity contribution in [3.05, 3.63) is 0 Å². The van der Waals surface area contributed by atoms with E-state index in [-0.39, 0.29) is 5.92 Å². The third kappa shape index (κ3) is 2.57. The van der Waals surface area contributed by atoms with Crippen molar-refractivity contribution in [1.82, 2.24) is 4.90 Å². The summed E-state index contributed by atoms with van der Waals surface area (Å²) in [6.45, 7) is 3.31. The highest BCUT2D eigenvalue weighted by Crippen LogP contribution is 2.37. The summed E-state index contributed by atoms with van der Waals surface area (Å²) in [5.74, 6) is -0.679. The van der Waals surface area contributed by atoms with Crippen molar-refractivity contribution in [2.75, 3.05) is 6.54 Å². The van der Waals surface area contributed by atoms with E-state index in [0.29, 0.717) is 12.1 Å². The molecule has 0 saturated heterocycles. The van der Waals surface area contributed by atoms with Gasteiger partial charge in [-0.1, -0.05) is 19.8 Å². The van der Waals surface area contributed by atoms with Gasteiger partial charge in [0, 0.05) is 12.1 Å². The molecular weight excluding hydrogens is 202 g/mol. The molecule has 2 aliphatic rings. The van der Waals surface area contributed by atoms with Crippen molar-refractivity contribution in [3.63, 3.8) is 0 Å². The summed E-state index contributed by atoms with van der Waals surface area (Å²) in [6.07, 6.45) is 8.05. The lowest BCUT2D eigenvalue weighted by Gasteiger charge is -2.31. The number of aliphatic carboxylic acids is 1. The first-order valence-corrected chi connectivity index (χ1v) is 6.72. The van der Waals surface area contributed by atoms with Gasteiger partial charge >= 0.3 is 5.97 Å². The monoisotopic (exact) mass is 225 g/mol. The van der Waals surface area contributed by atoms with Gasteiger partial charge in [0.2, 0.25) is 0 Å². The zero-order chi connectivity index (χ0) is 11.5. The Balaban J connectivity index is 1.97. The van der Waals surface area contributed by atoms with E-state index in [9.17, 15) is 9.90 Å². The Morgan fingerprint density at radius 2 is 2.06 bits per heavy atom. The van der Waals surface area contributed by atoms with Crippen LogP contribution < -0.4 is 0 Å². The van der Waals surface area contributed by atoms with Gasteiger partial charge in [-0.25, -0.2) is 0 Å². The predicted molar refractivity (Wildman–Crippen MR) is 63.4 cm³/mol. The number of carbonyl (C=O) groups is 1. The highest BCUT2D eigenvalue weighted by molar-refractivity contribution is 5.71. The highest BCUT2D eigenvalue weighted by atomic mass is 16.4. The van der Waals surface area contributed by atoms with Crippen LogP contribution in [0, 0.1) is 5.92 Å². The van der Waals surface area contributed by atoms with Gasteiger partial charge in [-0.15, -0.1) is 0 Å². The third-order valence-electron chi connectivity index (χ3n) is 4.01. The fraction of sp³-hybridized carbons (Fsp3) is 0.923. The first kappa shape index (κ1) is 11.9. The smallest absolute Gasteiger partial charge is 0.308 e. The van der Waals surface area contributed by atoms with E-state index in [4.69, 9.17) is 0 Å². The lowest BCUT2D eigenvalue weighted by atomic mass is 10.0. The van der Waals surface area contributed by atoms with Crippen LogP contribution in [0.4, 0.5) is 0 Å². The second-order valence-corrected chi connectivity index (χ2v) is 5.27. The SMILES string of the molecule is CCCCN(C1CC1)C1CCCC1C(=O)O. The van der Waals surface area contributed by atoms with Crippen LogP contribution in [0.25, 0.3) is 0 Å². The highest BCUT2D eigenvalue weighted by Gasteiger charge is 2.41. The molecule has 3 nitrogen and oxygen atoms in total. The molecule has 92 valence electrons. The Morgan fingerprint density at radius 1 is 1.31 bits per heavy atom. The van der Waals surface area contributed by atoms with Crippen LogP contribution in [0.5, 0.6) is 0 Å². The number of hydrogen-bond acceptors (Lipinski definition) is 2. The van der Waals surface area contributed by atoms with Crippen molar-refractivity contribution in [2.24, 2.45) is 5.92 Å². The van der Waals surface area contributed by atoms with Crippen molar-refractivity contribution in [3.8, 4) is 0 Å². The first-order valence-electron chi connectivity index (χ1n) is 6.72. The second-order valence-electron chi connectivity index (χ2n) is 5.27. The minimum Gasteiger partial charge on any atom is -0.481 e. The predicted octanol–water partition coefficient (Wildman–Crippen LogP) is 2.50. The van der Waals surface area contributed by atoms with Gasteiger partial charge in [0.25, 0.3) is 0 Å². The molecule has 3 heteroatoms. The van der Waals surface area contributed by atoms with Crippen LogP contribution in [-0.2, 0) is 4.79 Å². The van der Waals surface area contributed by atoms with E-state index in [0.717, 1.165) is 25.8 Å². The minimum atomic E-state index is -0.579. The number of carboxylic acids is 1. The van der Waals surface area contributed by atoms with Crippen molar-refractivity contribution in [2.45, 2.75) is 64.0 Å². The Morgan fingerprint density at radius 3 is 2.62 bits per heavy atom. The average Bonchev–Trinajstić information content (AvgIpc) is 2.96. The number of rotatable bonds is 6. The van der Waals surface area contributed by atoms with Crippen LogP contribution in [-0.4, -0.2) is 34.6 Å². The van der Waals surface area contributed by atoms with Gasteiger partial charge in [-0.05, 0) is 38.6 Å². The summed E-state index contributed by atoms with van der Waals surface area (Å²) in [6, 6.07) is 1.04. The Bertz CT molecular complexity index is 250. The van der Waals surface area contributed by atoms with Crippen LogP contribution in [0.3, 0.4) is 0 Å². The molecule has 0 aromatic carbocycles. The number of hydrogen-bond donors (Lipinski definition) is 1. The summed E-state index contributed by atoms with van der Waals surface area (Å²) in [7, 11) is 0. The lowest BCUT2D eigenvalue weighted by Crippen LogP contribution is -2.42. The molecule has 0 bridgehead atoms. The maximum absolute atomic E-state index is 11.2. The van der Waals surface area contributed by atoms with E-state index in [2.05, 4.69) is 11.8 Å². The van der Waals surface area contributed by atoms with Crippen LogP contribution >= 0.6 is 0 Å². The second kappa shape index (κ2) is 5.17. The van der Waals surface area contributed by atoms with Crippen LogP contribution in [0.2, 0.25) is 0 Å². The molecule has 2 fully saturated rings. The molecule has 2 atom stereocenters. The van der Waals surface area contributed by atoms with E-state index in [1.165, 1.54) is 25.7 Å². The molecule has 2 rings (SSSR count). The van der Waals surface area contributed by atoms with Gasteiger partial charge in [0.05, 0.1) is 5.92 Å². The summed E-state index contributed by atoms with van der Waals surface area (Å²) in [4.78, 5) is 13.7. The molecule has 2 aliphatic carbocycles. The van der Waals surface area contributed by atoms with Gasteiger partial charge in [-0.2, -0.15) is 0 Å². The summed E-state index contributed by atoms with van der Waals surface area (Å²) >= 11 is 0.